The van der Waals surface area contributed by atoms with E-state index >= 15 is 0 Å². The minimum Gasteiger partial charge on any atom is -0.444 e. The molecule has 3 rings (SSSR count). The number of carbonyl (C=O) groups excluding carboxylic acids is 1. The number of anilines is 2. The summed E-state index contributed by atoms with van der Waals surface area (Å²) in [4.78, 5) is 16.4. The van der Waals surface area contributed by atoms with Gasteiger partial charge in [0, 0.05) is 46.1 Å². The molecule has 1 amide bonds. The highest BCUT2D eigenvalue weighted by atomic mass is 32.2. The first-order valence-corrected chi connectivity index (χ1v) is 10.2. The second-order valence-electron chi connectivity index (χ2n) is 5.99. The van der Waals surface area contributed by atoms with Crippen LogP contribution in [0.3, 0.4) is 0 Å². The molecular formula is C17H20N4O3S. The van der Waals surface area contributed by atoms with Crippen LogP contribution in [0.5, 0.6) is 0 Å². The van der Waals surface area contributed by atoms with Crippen molar-refractivity contribution in [2.75, 3.05) is 29.7 Å². The number of carbonyl (C=O) groups is 1. The van der Waals surface area contributed by atoms with E-state index in [0.29, 0.717) is 11.6 Å². The maximum absolute atomic E-state index is 12.1. The Kier molecular flexibility index (Phi) is 4.89. The molecule has 0 bridgehead atoms. The van der Waals surface area contributed by atoms with Crippen molar-refractivity contribution in [2.45, 2.75) is 13.0 Å². The molecule has 0 unspecified atom stereocenters. The number of hydrogen-bond acceptors (Lipinski definition) is 6. The zero-order chi connectivity index (χ0) is 17.9. The number of amides is 1. The van der Waals surface area contributed by atoms with E-state index in [-0.39, 0.29) is 6.61 Å². The molecule has 2 heterocycles. The molecule has 0 fully saturated rings. The summed E-state index contributed by atoms with van der Waals surface area (Å²) >= 11 is 0. The van der Waals surface area contributed by atoms with E-state index in [4.69, 9.17) is 4.74 Å². The van der Waals surface area contributed by atoms with Crippen molar-refractivity contribution in [3.63, 3.8) is 0 Å². The number of aromatic nitrogens is 1. The molecule has 8 heteroatoms. The van der Waals surface area contributed by atoms with Gasteiger partial charge in [-0.1, -0.05) is 30.3 Å². The summed E-state index contributed by atoms with van der Waals surface area (Å²) in [7, 11) is -2.35. The Morgan fingerprint density at radius 1 is 1.36 bits per heavy atom. The fourth-order valence-corrected chi connectivity index (χ4v) is 3.07. The van der Waals surface area contributed by atoms with Crippen molar-refractivity contribution in [2.24, 2.45) is 4.36 Å². The van der Waals surface area contributed by atoms with Crippen LogP contribution >= 0.6 is 0 Å². The third-order valence-electron chi connectivity index (χ3n) is 3.55. The van der Waals surface area contributed by atoms with Crippen LogP contribution in [0.15, 0.2) is 40.8 Å². The molecule has 1 aromatic heterocycles. The Labute approximate surface area is 147 Å². The molecule has 1 aliphatic rings. The Morgan fingerprint density at radius 3 is 2.84 bits per heavy atom. The van der Waals surface area contributed by atoms with Crippen LogP contribution in [-0.2, 0) is 27.5 Å². The Bertz CT molecular complexity index is 898. The van der Waals surface area contributed by atoms with Crippen LogP contribution in [-0.4, -0.2) is 34.3 Å². The number of pyridine rings is 1. The number of rotatable bonds is 4. The molecule has 0 saturated heterocycles. The monoisotopic (exact) mass is 360 g/mol. The van der Waals surface area contributed by atoms with Crippen LogP contribution in [0.1, 0.15) is 11.1 Å². The van der Waals surface area contributed by atoms with E-state index in [1.807, 2.05) is 30.3 Å². The van der Waals surface area contributed by atoms with Gasteiger partial charge in [-0.15, -0.1) is 0 Å². The number of nitrogens with zero attached hydrogens (tertiary/aromatic N) is 2. The van der Waals surface area contributed by atoms with Gasteiger partial charge in [0.15, 0.2) is 5.82 Å². The highest BCUT2D eigenvalue weighted by molar-refractivity contribution is 7.92. The van der Waals surface area contributed by atoms with Gasteiger partial charge in [0.1, 0.15) is 12.4 Å². The minimum absolute atomic E-state index is 0.176. The Morgan fingerprint density at radius 2 is 2.12 bits per heavy atom. The third-order valence-corrected chi connectivity index (χ3v) is 4.17. The average Bonchev–Trinajstić information content (AvgIpc) is 3.01. The summed E-state index contributed by atoms with van der Waals surface area (Å²) in [6.07, 6.45) is 3.23. The van der Waals surface area contributed by atoms with Gasteiger partial charge in [-0.3, -0.25) is 5.32 Å². The summed E-state index contributed by atoms with van der Waals surface area (Å²) in [5.74, 6) is 0.712. The predicted molar refractivity (Wildman–Crippen MR) is 98.8 cm³/mol. The van der Waals surface area contributed by atoms with E-state index in [1.165, 1.54) is 12.5 Å². The molecule has 1 aromatic carbocycles. The lowest BCUT2D eigenvalue weighted by Crippen LogP contribution is -2.15. The lowest BCUT2D eigenvalue weighted by molar-refractivity contribution is 0.155. The number of ether oxygens (including phenoxy) is 1. The van der Waals surface area contributed by atoms with Gasteiger partial charge >= 0.3 is 6.09 Å². The van der Waals surface area contributed by atoms with Gasteiger partial charge < -0.3 is 10.1 Å². The number of nitrogens with one attached hydrogen (secondary N) is 2. The fourth-order valence-electron chi connectivity index (χ4n) is 2.52. The van der Waals surface area contributed by atoms with Gasteiger partial charge in [-0.05, 0) is 12.0 Å². The highest BCUT2D eigenvalue weighted by Gasteiger charge is 2.19. The largest absolute Gasteiger partial charge is 0.444 e. The van der Waals surface area contributed by atoms with E-state index in [1.54, 1.807) is 6.07 Å². The zero-order valence-corrected chi connectivity index (χ0v) is 14.9. The molecule has 1 aliphatic heterocycles. The van der Waals surface area contributed by atoms with Gasteiger partial charge in [0.2, 0.25) is 0 Å². The van der Waals surface area contributed by atoms with E-state index in [2.05, 4.69) is 20.0 Å². The first kappa shape index (κ1) is 17.2. The van der Waals surface area contributed by atoms with Crippen LogP contribution in [0, 0.1) is 0 Å². The average molecular weight is 360 g/mol. The molecule has 0 atom stereocenters. The van der Waals surface area contributed by atoms with Gasteiger partial charge in [-0.2, -0.15) is 4.36 Å². The zero-order valence-electron chi connectivity index (χ0n) is 14.1. The van der Waals surface area contributed by atoms with E-state index in [9.17, 15) is 9.00 Å². The van der Waals surface area contributed by atoms with Crippen LogP contribution < -0.4 is 10.6 Å². The SMILES string of the molecule is CS(C)(=O)=Nc1cc2c(c(NC(=O)OCc3ccccc3)n1)CCN2. The van der Waals surface area contributed by atoms with Gasteiger partial charge in [0.25, 0.3) is 0 Å². The van der Waals surface area contributed by atoms with Crippen molar-refractivity contribution in [3.8, 4) is 0 Å². The van der Waals surface area contributed by atoms with Gasteiger partial charge in [0.05, 0.1) is 0 Å². The van der Waals surface area contributed by atoms with Crippen molar-refractivity contribution < 1.29 is 13.7 Å². The summed E-state index contributed by atoms with van der Waals surface area (Å²) < 4.78 is 21.3. The van der Waals surface area contributed by atoms with Crippen LogP contribution in [0.25, 0.3) is 0 Å². The number of benzene rings is 1. The molecule has 0 spiro atoms. The van der Waals surface area contributed by atoms with Crippen molar-refractivity contribution >= 4 is 33.1 Å². The summed E-state index contributed by atoms with van der Waals surface area (Å²) in [6.45, 7) is 0.927. The fraction of sp³-hybridized carbons (Fsp3) is 0.294. The summed E-state index contributed by atoms with van der Waals surface area (Å²) in [6, 6.07) is 11.2. The van der Waals surface area contributed by atoms with Crippen LogP contribution in [0.2, 0.25) is 0 Å². The molecule has 7 nitrogen and oxygen atoms in total. The van der Waals surface area contributed by atoms with E-state index < -0.39 is 15.8 Å². The van der Waals surface area contributed by atoms with Gasteiger partial charge in [-0.25, -0.2) is 14.0 Å². The van der Waals surface area contributed by atoms with E-state index in [0.717, 1.165) is 29.8 Å². The summed E-state index contributed by atoms with van der Waals surface area (Å²) in [5.41, 5.74) is 2.64. The molecule has 2 N–H and O–H groups in total. The molecule has 2 aromatic rings. The minimum atomic E-state index is -2.35. The molecule has 25 heavy (non-hydrogen) atoms. The first-order valence-electron chi connectivity index (χ1n) is 7.83. The molecule has 0 saturated carbocycles. The highest BCUT2D eigenvalue weighted by Crippen LogP contribution is 2.32. The topological polar surface area (TPSA) is 92.7 Å². The number of fused-ring (bicyclic) bond motifs is 1. The third kappa shape index (κ3) is 4.69. The number of hydrogen-bond donors (Lipinski definition) is 2. The second-order valence-corrected chi connectivity index (χ2v) is 8.54. The lowest BCUT2D eigenvalue weighted by Gasteiger charge is -2.11. The summed E-state index contributed by atoms with van der Waals surface area (Å²) in [5, 5.41) is 5.89. The first-order chi connectivity index (χ1) is 11.9. The van der Waals surface area contributed by atoms with Crippen molar-refractivity contribution in [3.05, 3.63) is 47.5 Å². The van der Waals surface area contributed by atoms with Crippen molar-refractivity contribution in [1.82, 2.24) is 4.98 Å². The standard InChI is InChI=1S/C17H20N4O3S/c1-25(2,23)21-15-10-14-13(8-9-18-14)16(19-15)20-17(22)24-11-12-6-4-3-5-7-12/h3-7,10,18H,8-9,11H2,1-2H3,(H,19,20,22). The quantitative estimate of drug-likeness (QED) is 0.874. The molecular weight excluding hydrogens is 340 g/mol. The second kappa shape index (κ2) is 7.10. The maximum atomic E-state index is 12.1. The smallest absolute Gasteiger partial charge is 0.413 e. The molecule has 0 radical (unpaired) electrons. The molecule has 0 aliphatic carbocycles. The maximum Gasteiger partial charge on any atom is 0.413 e. The lowest BCUT2D eigenvalue weighted by atomic mass is 10.2. The Balaban J connectivity index is 1.77. The van der Waals surface area contributed by atoms with Crippen molar-refractivity contribution in [1.29, 1.82) is 0 Å². The normalized spacial score (nSPS) is 12.9. The van der Waals surface area contributed by atoms with Crippen LogP contribution in [0.4, 0.5) is 22.1 Å². The molecule has 132 valence electrons. The Hall–Kier alpha value is -2.61. The predicted octanol–water partition coefficient (Wildman–Crippen LogP) is 3.16.